The van der Waals surface area contributed by atoms with Gasteiger partial charge in [-0.05, 0) is 0 Å². The monoisotopic (exact) mass is 433 g/mol. The average Bonchev–Trinajstić information content (AvgIpc) is 0. The molecule has 0 aromatic carbocycles. The molecular formula is IrO2PdRu-4. The van der Waals surface area contributed by atoms with Crippen LogP contribution in [0, 0.1) is 0 Å². The molecule has 0 aliphatic rings. The van der Waals surface area contributed by atoms with Gasteiger partial charge in [0.05, 0.1) is 0 Å². The van der Waals surface area contributed by atoms with E-state index >= 15 is 0 Å². The Labute approximate surface area is 70.5 Å². The predicted molar refractivity (Wildman–Crippen MR) is 1.37 cm³/mol. The summed E-state index contributed by atoms with van der Waals surface area (Å²) in [6, 6.07) is 0. The van der Waals surface area contributed by atoms with Crippen molar-refractivity contribution in [3.05, 3.63) is 0 Å². The van der Waals surface area contributed by atoms with Crippen LogP contribution in [0.2, 0.25) is 0 Å². The molecule has 0 heterocycles. The van der Waals surface area contributed by atoms with Gasteiger partial charge in [0.25, 0.3) is 0 Å². The topological polar surface area (TPSA) is 57.0 Å². The molecule has 0 atom stereocenters. The van der Waals surface area contributed by atoms with E-state index in [-0.39, 0.29) is 71.0 Å². The summed E-state index contributed by atoms with van der Waals surface area (Å²) in [5, 5.41) is 0. The molecule has 0 N–H and O–H groups in total. The van der Waals surface area contributed by atoms with Gasteiger partial charge >= 0.3 is 0 Å². The van der Waals surface area contributed by atoms with Crippen molar-refractivity contribution in [3.8, 4) is 0 Å². The Kier molecular flexibility index (Phi) is 548. The molecule has 0 saturated heterocycles. The molecule has 43 valence electrons. The van der Waals surface area contributed by atoms with Crippen molar-refractivity contribution in [2.24, 2.45) is 0 Å². The minimum Gasteiger partial charge on any atom is -2.00 e. The Bertz CT molecular complexity index is 9.61. The van der Waals surface area contributed by atoms with Crippen LogP contribution in [0.25, 0.3) is 0 Å². The fourth-order valence-electron chi connectivity index (χ4n) is 0. The Morgan fingerprint density at radius 2 is 0.800 bits per heavy atom. The number of rotatable bonds is 0. The van der Waals surface area contributed by atoms with Crippen molar-refractivity contribution < 1.29 is 71.0 Å². The minimum atomic E-state index is 0. The molecule has 0 spiro atoms. The zero-order valence-electron chi connectivity index (χ0n) is 1.82. The van der Waals surface area contributed by atoms with Crippen LogP contribution in [0.1, 0.15) is 0 Å². The second-order valence-corrected chi connectivity index (χ2v) is 0. The molecule has 0 saturated carbocycles. The minimum absolute atomic E-state index is 0. The molecule has 1 radical (unpaired) electrons. The molecule has 0 aliphatic heterocycles. The summed E-state index contributed by atoms with van der Waals surface area (Å²) in [6.07, 6.45) is 0. The maximum atomic E-state index is 0. The zero-order chi connectivity index (χ0) is 0. The van der Waals surface area contributed by atoms with E-state index in [2.05, 4.69) is 0 Å². The van der Waals surface area contributed by atoms with Crippen molar-refractivity contribution >= 4 is 0 Å². The smallest absolute Gasteiger partial charge is 0 e. The number of hydrogen-bond acceptors (Lipinski definition) is 0. The zero-order valence-corrected chi connectivity index (χ0v) is 7.51. The fourth-order valence-corrected chi connectivity index (χ4v) is 0. The molecular weight excluding hydrogens is 432 g/mol. The fraction of sp³-hybridized carbons (Fsp3) is 0. The van der Waals surface area contributed by atoms with E-state index in [1.165, 1.54) is 0 Å². The van der Waals surface area contributed by atoms with Gasteiger partial charge in [0, 0.05) is 60.0 Å². The quantitative estimate of drug-likeness (QED) is 0.475. The summed E-state index contributed by atoms with van der Waals surface area (Å²) in [4.78, 5) is 0. The molecule has 2 nitrogen and oxygen atoms in total. The van der Waals surface area contributed by atoms with E-state index in [4.69, 9.17) is 0 Å². The van der Waals surface area contributed by atoms with Gasteiger partial charge < -0.3 is 11.0 Å². The Morgan fingerprint density at radius 3 is 0.800 bits per heavy atom. The van der Waals surface area contributed by atoms with E-state index in [9.17, 15) is 0 Å². The summed E-state index contributed by atoms with van der Waals surface area (Å²) < 4.78 is 0. The van der Waals surface area contributed by atoms with Crippen LogP contribution in [0.3, 0.4) is 0 Å². The first-order chi connectivity index (χ1) is 0. The Morgan fingerprint density at radius 1 is 0.800 bits per heavy atom. The van der Waals surface area contributed by atoms with Crippen LogP contribution in [-0.4, -0.2) is 0 Å². The van der Waals surface area contributed by atoms with E-state index < -0.39 is 0 Å². The van der Waals surface area contributed by atoms with Crippen molar-refractivity contribution in [2.45, 2.75) is 0 Å². The third kappa shape index (κ3) is 25.3. The van der Waals surface area contributed by atoms with Crippen molar-refractivity contribution in [1.82, 2.24) is 0 Å². The van der Waals surface area contributed by atoms with Crippen molar-refractivity contribution in [1.29, 1.82) is 0 Å². The van der Waals surface area contributed by atoms with E-state index in [1.807, 2.05) is 0 Å². The molecule has 0 aromatic heterocycles. The van der Waals surface area contributed by atoms with Gasteiger partial charge in [-0.15, -0.1) is 0 Å². The SMILES string of the molecule is [Ir].[O-2].[O-2].[Pd].[Ru]. The van der Waals surface area contributed by atoms with Crippen LogP contribution in [0.4, 0.5) is 0 Å². The molecule has 0 amide bonds. The molecule has 0 fully saturated rings. The van der Waals surface area contributed by atoms with Crippen LogP contribution in [0.5, 0.6) is 0 Å². The van der Waals surface area contributed by atoms with Gasteiger partial charge in [0.15, 0.2) is 0 Å². The van der Waals surface area contributed by atoms with Gasteiger partial charge in [0.1, 0.15) is 0 Å². The summed E-state index contributed by atoms with van der Waals surface area (Å²) in [5.74, 6) is 0. The molecule has 5 heavy (non-hydrogen) atoms. The van der Waals surface area contributed by atoms with Crippen molar-refractivity contribution in [2.75, 3.05) is 0 Å². The van der Waals surface area contributed by atoms with Crippen LogP contribution < -0.4 is 0 Å². The molecule has 0 aromatic rings. The predicted octanol–water partition coefficient (Wildman–Crippen LogP) is -0.245. The summed E-state index contributed by atoms with van der Waals surface area (Å²) in [7, 11) is 0. The van der Waals surface area contributed by atoms with Gasteiger partial charge in [-0.3, -0.25) is 0 Å². The number of hydrogen-bond donors (Lipinski definition) is 0. The van der Waals surface area contributed by atoms with Gasteiger partial charge in [0.2, 0.25) is 0 Å². The van der Waals surface area contributed by atoms with Crippen LogP contribution >= 0.6 is 0 Å². The second kappa shape index (κ2) is 40.1. The van der Waals surface area contributed by atoms with E-state index in [0.717, 1.165) is 0 Å². The standard InChI is InChI=1S/Ir.2O.Pd.Ru/q;2*-2;;. The van der Waals surface area contributed by atoms with Crippen molar-refractivity contribution in [3.63, 3.8) is 0 Å². The maximum absolute atomic E-state index is 0. The molecule has 0 rings (SSSR count). The first-order valence-corrected chi connectivity index (χ1v) is 0. The van der Waals surface area contributed by atoms with Gasteiger partial charge in [-0.1, -0.05) is 0 Å². The van der Waals surface area contributed by atoms with Gasteiger partial charge in [-0.2, -0.15) is 0 Å². The first-order valence-electron chi connectivity index (χ1n) is 0. The summed E-state index contributed by atoms with van der Waals surface area (Å²) in [6.45, 7) is 0. The summed E-state index contributed by atoms with van der Waals surface area (Å²) in [5.41, 5.74) is 0. The first kappa shape index (κ1) is 68.3. The van der Waals surface area contributed by atoms with Crippen LogP contribution in [0.15, 0.2) is 0 Å². The third-order valence-electron chi connectivity index (χ3n) is 0. The molecule has 0 unspecified atom stereocenters. The Balaban J connectivity index is 0. The van der Waals surface area contributed by atoms with E-state index in [1.54, 1.807) is 0 Å². The van der Waals surface area contributed by atoms with Crippen LogP contribution in [-0.2, 0) is 71.0 Å². The summed E-state index contributed by atoms with van der Waals surface area (Å²) >= 11 is 0. The Hall–Kier alpha value is 1.86. The second-order valence-electron chi connectivity index (χ2n) is 0. The molecule has 0 bridgehead atoms. The normalized spacial score (nSPS) is 0. The maximum Gasteiger partial charge on any atom is 0 e. The molecule has 0 aliphatic carbocycles. The molecule has 5 heteroatoms. The third-order valence-corrected chi connectivity index (χ3v) is 0. The van der Waals surface area contributed by atoms with Gasteiger partial charge in [-0.25, -0.2) is 0 Å². The average molecular weight is 432 g/mol. The van der Waals surface area contributed by atoms with E-state index in [0.29, 0.717) is 0 Å². The largest absolute Gasteiger partial charge is 2.00 e.